The van der Waals surface area contributed by atoms with E-state index in [0.717, 1.165) is 0 Å². The van der Waals surface area contributed by atoms with Crippen molar-refractivity contribution in [3.63, 3.8) is 0 Å². The molecule has 1 amide bonds. The van der Waals surface area contributed by atoms with Crippen LogP contribution in [-0.2, 0) is 0 Å². The van der Waals surface area contributed by atoms with Crippen LogP contribution < -0.4 is 5.32 Å². The van der Waals surface area contributed by atoms with Crippen molar-refractivity contribution >= 4 is 14.5 Å². The van der Waals surface area contributed by atoms with Gasteiger partial charge in [-0.1, -0.05) is 0 Å². The van der Waals surface area contributed by atoms with E-state index in [0.29, 0.717) is 24.6 Å². The molecule has 1 heterocycles. The van der Waals surface area contributed by atoms with Crippen LogP contribution in [0.1, 0.15) is 16.8 Å². The molecule has 0 aliphatic heterocycles. The maximum Gasteiger partial charge on any atom is 0.329 e. The molecular weight excluding hydrogens is 224 g/mol. The Hall–Kier alpha value is -1.24. The second-order valence-corrected chi connectivity index (χ2v) is 6.75. The van der Waals surface area contributed by atoms with E-state index < -0.39 is 8.56 Å². The number of carbonyl (C=O) groups is 1. The van der Waals surface area contributed by atoms with Gasteiger partial charge in [0.15, 0.2) is 0 Å². The van der Waals surface area contributed by atoms with Crippen molar-refractivity contribution in [2.24, 2.45) is 0 Å². The summed E-state index contributed by atoms with van der Waals surface area (Å²) in [7, 11) is -2.97. The Bertz CT molecular complexity index is 338. The van der Waals surface area contributed by atoms with Crippen LogP contribution in [-0.4, -0.2) is 35.6 Å². The predicted molar refractivity (Wildman–Crippen MR) is 62.0 cm³/mol. The summed E-state index contributed by atoms with van der Waals surface area (Å²) in [6.07, 6.45) is 3.69. The Kier molecular flexibility index (Phi) is 4.60. The van der Waals surface area contributed by atoms with Crippen molar-refractivity contribution < 1.29 is 14.4 Å². The van der Waals surface area contributed by atoms with Gasteiger partial charge in [0.25, 0.3) is 5.91 Å². The first kappa shape index (κ1) is 12.8. The first-order valence-corrected chi connectivity index (χ1v) is 7.72. The fraction of sp³-hybridized carbons (Fsp3) is 0.400. The number of aromatic nitrogens is 1. The predicted octanol–water partition coefficient (Wildman–Crippen LogP) is 0.258. The molecular formula is C10H16N2O3Si. The molecule has 1 aromatic heterocycles. The van der Waals surface area contributed by atoms with E-state index in [-0.39, 0.29) is 5.91 Å². The molecule has 0 fully saturated rings. The molecule has 0 saturated carbocycles. The SMILES string of the molecule is C[Si](O)(O)CCCNC(=O)c1ccncc1. The minimum absolute atomic E-state index is 0.165. The molecule has 0 atom stereocenters. The van der Waals surface area contributed by atoms with E-state index in [1.165, 1.54) is 6.55 Å². The van der Waals surface area contributed by atoms with Gasteiger partial charge in [-0.15, -0.1) is 0 Å². The summed E-state index contributed by atoms with van der Waals surface area (Å²) >= 11 is 0. The number of rotatable bonds is 5. The number of nitrogens with zero attached hydrogens (tertiary/aromatic N) is 1. The lowest BCUT2D eigenvalue weighted by Gasteiger charge is -2.11. The standard InChI is InChI=1S/C10H16N2O3Si/c1-16(14,15)8-2-5-12-10(13)9-3-6-11-7-4-9/h3-4,6-7,14-15H,2,5,8H2,1H3,(H,12,13). The summed E-state index contributed by atoms with van der Waals surface area (Å²) in [6.45, 7) is 1.91. The number of carbonyl (C=O) groups excluding carboxylic acids is 1. The van der Waals surface area contributed by atoms with E-state index in [1.54, 1.807) is 24.5 Å². The molecule has 1 rings (SSSR count). The van der Waals surface area contributed by atoms with Crippen molar-refractivity contribution in [2.75, 3.05) is 6.54 Å². The van der Waals surface area contributed by atoms with Crippen LogP contribution in [0.4, 0.5) is 0 Å². The molecule has 0 bridgehead atoms. The quantitative estimate of drug-likeness (QED) is 0.509. The number of pyridine rings is 1. The molecule has 0 radical (unpaired) electrons. The average molecular weight is 240 g/mol. The minimum atomic E-state index is -2.97. The average Bonchev–Trinajstić information content (AvgIpc) is 2.24. The minimum Gasteiger partial charge on any atom is -0.411 e. The van der Waals surface area contributed by atoms with Gasteiger partial charge in [0.05, 0.1) is 0 Å². The Morgan fingerprint density at radius 3 is 2.62 bits per heavy atom. The lowest BCUT2D eigenvalue weighted by molar-refractivity contribution is 0.0953. The van der Waals surface area contributed by atoms with Gasteiger partial charge in [0, 0.05) is 24.5 Å². The zero-order valence-corrected chi connectivity index (χ0v) is 10.2. The third-order valence-corrected chi connectivity index (χ3v) is 3.36. The normalized spacial score (nSPS) is 11.2. The second-order valence-electron chi connectivity index (χ2n) is 3.81. The van der Waals surface area contributed by atoms with Crippen molar-refractivity contribution in [3.05, 3.63) is 30.1 Å². The fourth-order valence-electron chi connectivity index (χ4n) is 1.23. The molecule has 3 N–H and O–H groups in total. The Balaban J connectivity index is 2.27. The van der Waals surface area contributed by atoms with E-state index >= 15 is 0 Å². The van der Waals surface area contributed by atoms with Crippen molar-refractivity contribution in [1.29, 1.82) is 0 Å². The topological polar surface area (TPSA) is 82.5 Å². The molecule has 1 aromatic rings. The summed E-state index contributed by atoms with van der Waals surface area (Å²) in [5, 5.41) is 2.70. The van der Waals surface area contributed by atoms with Gasteiger partial charge in [-0.3, -0.25) is 9.78 Å². The summed E-state index contributed by atoms with van der Waals surface area (Å²) in [5.74, 6) is -0.165. The van der Waals surface area contributed by atoms with E-state index in [2.05, 4.69) is 10.3 Å². The first-order valence-electron chi connectivity index (χ1n) is 5.12. The number of hydrogen-bond acceptors (Lipinski definition) is 4. The lowest BCUT2D eigenvalue weighted by atomic mass is 10.2. The van der Waals surface area contributed by atoms with E-state index in [4.69, 9.17) is 0 Å². The number of nitrogens with one attached hydrogen (secondary N) is 1. The highest BCUT2D eigenvalue weighted by Gasteiger charge is 2.20. The van der Waals surface area contributed by atoms with Gasteiger partial charge < -0.3 is 14.9 Å². The summed E-state index contributed by atoms with van der Waals surface area (Å²) in [5.41, 5.74) is 0.558. The molecule has 0 aliphatic rings. The van der Waals surface area contributed by atoms with Crippen LogP contribution >= 0.6 is 0 Å². The highest BCUT2D eigenvalue weighted by atomic mass is 28.4. The molecule has 6 heteroatoms. The van der Waals surface area contributed by atoms with Gasteiger partial charge in [0.1, 0.15) is 0 Å². The smallest absolute Gasteiger partial charge is 0.329 e. The third-order valence-electron chi connectivity index (χ3n) is 2.06. The molecule has 0 unspecified atom stereocenters. The van der Waals surface area contributed by atoms with Crippen molar-refractivity contribution in [1.82, 2.24) is 10.3 Å². The number of hydrogen-bond donors (Lipinski definition) is 3. The summed E-state index contributed by atoms with van der Waals surface area (Å²) < 4.78 is 0. The van der Waals surface area contributed by atoms with Crippen molar-refractivity contribution in [2.45, 2.75) is 19.0 Å². The van der Waals surface area contributed by atoms with Crippen LogP contribution in [0, 0.1) is 0 Å². The Morgan fingerprint density at radius 1 is 1.44 bits per heavy atom. The monoisotopic (exact) mass is 240 g/mol. The zero-order valence-electron chi connectivity index (χ0n) is 9.18. The molecule has 0 aromatic carbocycles. The maximum absolute atomic E-state index is 11.5. The van der Waals surface area contributed by atoms with E-state index in [1.807, 2.05) is 0 Å². The second kappa shape index (κ2) is 5.74. The third kappa shape index (κ3) is 5.01. The van der Waals surface area contributed by atoms with Crippen LogP contribution in [0.5, 0.6) is 0 Å². The first-order chi connectivity index (χ1) is 7.49. The molecule has 0 aliphatic carbocycles. The van der Waals surface area contributed by atoms with Crippen LogP contribution in [0.15, 0.2) is 24.5 Å². The number of amides is 1. The Morgan fingerprint density at radius 2 is 2.06 bits per heavy atom. The van der Waals surface area contributed by atoms with Crippen LogP contribution in [0.2, 0.25) is 12.6 Å². The Labute approximate surface area is 95.4 Å². The summed E-state index contributed by atoms with van der Waals surface area (Å²) in [6, 6.07) is 3.63. The molecule has 5 nitrogen and oxygen atoms in total. The highest BCUT2D eigenvalue weighted by molar-refractivity contribution is 6.63. The summed E-state index contributed by atoms with van der Waals surface area (Å²) in [4.78, 5) is 33.7. The lowest BCUT2D eigenvalue weighted by Crippen LogP contribution is -2.32. The highest BCUT2D eigenvalue weighted by Crippen LogP contribution is 2.03. The van der Waals surface area contributed by atoms with Gasteiger partial charge in [0.2, 0.25) is 0 Å². The van der Waals surface area contributed by atoms with E-state index in [9.17, 15) is 14.4 Å². The van der Waals surface area contributed by atoms with Gasteiger partial charge >= 0.3 is 8.56 Å². The molecule has 88 valence electrons. The van der Waals surface area contributed by atoms with Gasteiger partial charge in [-0.2, -0.15) is 0 Å². The largest absolute Gasteiger partial charge is 0.411 e. The van der Waals surface area contributed by atoms with Crippen molar-refractivity contribution in [3.8, 4) is 0 Å². The molecule has 0 spiro atoms. The fourth-order valence-corrected chi connectivity index (χ4v) is 2.08. The molecule has 16 heavy (non-hydrogen) atoms. The van der Waals surface area contributed by atoms with Gasteiger partial charge in [-0.05, 0) is 31.1 Å². The molecule has 0 saturated heterocycles. The van der Waals surface area contributed by atoms with Crippen LogP contribution in [0.3, 0.4) is 0 Å². The zero-order chi connectivity index (χ0) is 12.0. The maximum atomic E-state index is 11.5. The van der Waals surface area contributed by atoms with Crippen LogP contribution in [0.25, 0.3) is 0 Å². The van der Waals surface area contributed by atoms with Gasteiger partial charge in [-0.25, -0.2) is 0 Å².